The summed E-state index contributed by atoms with van der Waals surface area (Å²) in [6.07, 6.45) is 4.23. The molecule has 1 aromatic rings. The number of anilines is 1. The summed E-state index contributed by atoms with van der Waals surface area (Å²) in [7, 11) is 0. The van der Waals surface area contributed by atoms with Crippen LogP contribution in [-0.2, 0) is 4.74 Å². The lowest BCUT2D eigenvalue weighted by Gasteiger charge is -2.27. The van der Waals surface area contributed by atoms with Crippen LogP contribution >= 0.6 is 0 Å². The zero-order chi connectivity index (χ0) is 11.5. The number of aromatic nitrogens is 1. The molecule has 2 aliphatic rings. The first-order valence-corrected chi connectivity index (χ1v) is 6.26. The van der Waals surface area contributed by atoms with E-state index in [0.29, 0.717) is 0 Å². The molecular weight excluding hydrogens is 214 g/mol. The van der Waals surface area contributed by atoms with Gasteiger partial charge in [0.15, 0.2) is 0 Å². The van der Waals surface area contributed by atoms with Gasteiger partial charge < -0.3 is 9.64 Å². The Morgan fingerprint density at radius 2 is 2.06 bits per heavy atom. The van der Waals surface area contributed by atoms with Gasteiger partial charge in [0.1, 0.15) is 5.82 Å². The topological polar surface area (TPSA) is 37.7 Å². The summed E-state index contributed by atoms with van der Waals surface area (Å²) in [5.74, 6) is 1.05. The fourth-order valence-corrected chi connectivity index (χ4v) is 2.31. The smallest absolute Gasteiger partial charge is 0.128 e. The molecule has 0 amide bonds. The van der Waals surface area contributed by atoms with Crippen molar-refractivity contribution in [2.45, 2.75) is 12.8 Å². The Morgan fingerprint density at radius 1 is 1.18 bits per heavy atom. The SMILES string of the molecule is c1cc(N2CCOCC2)ncc1C1=NCCC1. The molecule has 4 heteroatoms. The van der Waals surface area contributed by atoms with Gasteiger partial charge in [-0.1, -0.05) is 0 Å². The van der Waals surface area contributed by atoms with Crippen LogP contribution < -0.4 is 4.90 Å². The average Bonchev–Trinajstić information content (AvgIpc) is 2.94. The van der Waals surface area contributed by atoms with E-state index in [1.165, 1.54) is 17.7 Å². The van der Waals surface area contributed by atoms with Crippen molar-refractivity contribution in [3.8, 4) is 0 Å². The summed E-state index contributed by atoms with van der Waals surface area (Å²) < 4.78 is 5.34. The monoisotopic (exact) mass is 231 g/mol. The molecule has 3 heterocycles. The summed E-state index contributed by atoms with van der Waals surface area (Å²) in [5.41, 5.74) is 2.39. The summed E-state index contributed by atoms with van der Waals surface area (Å²) in [6.45, 7) is 4.45. The molecule has 0 N–H and O–H groups in total. The third-order valence-corrected chi connectivity index (χ3v) is 3.29. The molecule has 1 fully saturated rings. The summed E-state index contributed by atoms with van der Waals surface area (Å²) in [4.78, 5) is 11.3. The van der Waals surface area contributed by atoms with Crippen molar-refractivity contribution in [1.82, 2.24) is 4.98 Å². The van der Waals surface area contributed by atoms with Gasteiger partial charge in [0.2, 0.25) is 0 Å². The van der Waals surface area contributed by atoms with Gasteiger partial charge in [0.25, 0.3) is 0 Å². The Hall–Kier alpha value is -1.42. The predicted octanol–water partition coefficient (Wildman–Crippen LogP) is 1.50. The van der Waals surface area contributed by atoms with Gasteiger partial charge in [-0.15, -0.1) is 0 Å². The second-order valence-electron chi connectivity index (χ2n) is 4.44. The maximum atomic E-state index is 5.34. The van der Waals surface area contributed by atoms with Crippen molar-refractivity contribution in [2.75, 3.05) is 37.7 Å². The highest BCUT2D eigenvalue weighted by molar-refractivity contribution is 6.01. The molecule has 2 aliphatic heterocycles. The van der Waals surface area contributed by atoms with Crippen molar-refractivity contribution in [3.63, 3.8) is 0 Å². The minimum Gasteiger partial charge on any atom is -0.378 e. The van der Waals surface area contributed by atoms with Crippen LogP contribution in [0.15, 0.2) is 23.3 Å². The molecular formula is C13H17N3O. The van der Waals surface area contributed by atoms with E-state index in [1.807, 2.05) is 6.20 Å². The van der Waals surface area contributed by atoms with Crippen molar-refractivity contribution in [2.24, 2.45) is 4.99 Å². The minimum absolute atomic E-state index is 0.802. The second kappa shape index (κ2) is 4.84. The van der Waals surface area contributed by atoms with E-state index >= 15 is 0 Å². The molecule has 0 atom stereocenters. The molecule has 0 radical (unpaired) electrons. The number of nitrogens with zero attached hydrogens (tertiary/aromatic N) is 3. The van der Waals surface area contributed by atoms with Crippen LogP contribution in [0.5, 0.6) is 0 Å². The van der Waals surface area contributed by atoms with Crippen LogP contribution in [0, 0.1) is 0 Å². The molecule has 90 valence electrons. The molecule has 0 bridgehead atoms. The van der Waals surface area contributed by atoms with Gasteiger partial charge in [-0.3, -0.25) is 4.99 Å². The van der Waals surface area contributed by atoms with Gasteiger partial charge >= 0.3 is 0 Å². The Bertz CT molecular complexity index is 407. The molecule has 1 aromatic heterocycles. The number of hydrogen-bond donors (Lipinski definition) is 0. The Balaban J connectivity index is 1.75. The van der Waals surface area contributed by atoms with Gasteiger partial charge in [-0.2, -0.15) is 0 Å². The zero-order valence-corrected chi connectivity index (χ0v) is 9.93. The quantitative estimate of drug-likeness (QED) is 0.774. The molecule has 0 spiro atoms. The minimum atomic E-state index is 0.802. The van der Waals surface area contributed by atoms with Crippen LogP contribution in [0.4, 0.5) is 5.82 Å². The van der Waals surface area contributed by atoms with Crippen molar-refractivity contribution >= 4 is 11.5 Å². The molecule has 1 saturated heterocycles. The molecule has 0 saturated carbocycles. The number of morpholine rings is 1. The number of aliphatic imine (C=N–C) groups is 1. The van der Waals surface area contributed by atoms with Crippen LogP contribution in [0.3, 0.4) is 0 Å². The second-order valence-corrected chi connectivity index (χ2v) is 4.44. The molecule has 17 heavy (non-hydrogen) atoms. The first kappa shape index (κ1) is 10.7. The molecule has 0 aromatic carbocycles. The molecule has 0 aliphatic carbocycles. The van der Waals surface area contributed by atoms with E-state index in [9.17, 15) is 0 Å². The van der Waals surface area contributed by atoms with Crippen LogP contribution in [0.25, 0.3) is 0 Å². The van der Waals surface area contributed by atoms with Crippen LogP contribution in [0.2, 0.25) is 0 Å². The highest BCUT2D eigenvalue weighted by atomic mass is 16.5. The van der Waals surface area contributed by atoms with Gasteiger partial charge in [0.05, 0.1) is 13.2 Å². The summed E-state index contributed by atoms with van der Waals surface area (Å²) in [6, 6.07) is 4.24. The normalized spacial score (nSPS) is 20.5. The van der Waals surface area contributed by atoms with Crippen LogP contribution in [-0.4, -0.2) is 43.5 Å². The van der Waals surface area contributed by atoms with Gasteiger partial charge in [-0.05, 0) is 25.0 Å². The zero-order valence-electron chi connectivity index (χ0n) is 9.93. The summed E-state index contributed by atoms with van der Waals surface area (Å²) in [5, 5.41) is 0. The van der Waals surface area contributed by atoms with Crippen molar-refractivity contribution in [3.05, 3.63) is 23.9 Å². The Labute approximate surface area is 101 Å². The number of ether oxygens (including phenoxy) is 1. The lowest BCUT2D eigenvalue weighted by molar-refractivity contribution is 0.122. The highest BCUT2D eigenvalue weighted by Crippen LogP contribution is 2.16. The number of hydrogen-bond acceptors (Lipinski definition) is 4. The van der Waals surface area contributed by atoms with Crippen LogP contribution in [0.1, 0.15) is 18.4 Å². The predicted molar refractivity (Wildman–Crippen MR) is 67.9 cm³/mol. The lowest BCUT2D eigenvalue weighted by atomic mass is 10.1. The fraction of sp³-hybridized carbons (Fsp3) is 0.538. The third kappa shape index (κ3) is 2.31. The highest BCUT2D eigenvalue weighted by Gasteiger charge is 2.13. The van der Waals surface area contributed by atoms with E-state index < -0.39 is 0 Å². The number of rotatable bonds is 2. The molecule has 0 unspecified atom stereocenters. The fourth-order valence-electron chi connectivity index (χ4n) is 2.31. The first-order chi connectivity index (χ1) is 8.43. The molecule has 4 nitrogen and oxygen atoms in total. The Morgan fingerprint density at radius 3 is 2.71 bits per heavy atom. The van der Waals surface area contributed by atoms with E-state index in [0.717, 1.165) is 45.1 Å². The first-order valence-electron chi connectivity index (χ1n) is 6.26. The van der Waals surface area contributed by atoms with Crippen molar-refractivity contribution in [1.29, 1.82) is 0 Å². The average molecular weight is 231 g/mol. The largest absolute Gasteiger partial charge is 0.378 e. The van der Waals surface area contributed by atoms with E-state index in [2.05, 4.69) is 27.0 Å². The maximum absolute atomic E-state index is 5.34. The number of pyridine rings is 1. The third-order valence-electron chi connectivity index (χ3n) is 3.29. The Kier molecular flexibility index (Phi) is 3.05. The van der Waals surface area contributed by atoms with E-state index in [4.69, 9.17) is 4.74 Å². The van der Waals surface area contributed by atoms with Crippen molar-refractivity contribution < 1.29 is 4.74 Å². The standard InChI is InChI=1S/C13H17N3O/c1-2-12(14-5-1)11-3-4-13(15-10-11)16-6-8-17-9-7-16/h3-4,10H,1-2,5-9H2. The van der Waals surface area contributed by atoms with E-state index in [-0.39, 0.29) is 0 Å². The lowest BCUT2D eigenvalue weighted by Crippen LogP contribution is -2.36. The summed E-state index contributed by atoms with van der Waals surface area (Å²) >= 11 is 0. The van der Waals surface area contributed by atoms with Gasteiger partial charge in [-0.25, -0.2) is 4.98 Å². The maximum Gasteiger partial charge on any atom is 0.128 e. The van der Waals surface area contributed by atoms with E-state index in [1.54, 1.807) is 0 Å². The van der Waals surface area contributed by atoms with Gasteiger partial charge in [0, 0.05) is 37.1 Å². The molecule has 3 rings (SSSR count).